The average molecular weight is 454 g/mol. The van der Waals surface area contributed by atoms with Crippen LogP contribution < -0.4 is 5.32 Å². The highest BCUT2D eigenvalue weighted by Crippen LogP contribution is 2.38. The molecule has 2 aromatic rings. The molecule has 1 amide bonds. The Kier molecular flexibility index (Phi) is 7.22. The number of carbonyl (C=O) groups excluding carboxylic acids is 1. The Morgan fingerprint density at radius 2 is 1.84 bits per heavy atom. The Morgan fingerprint density at radius 1 is 1.16 bits per heavy atom. The summed E-state index contributed by atoms with van der Waals surface area (Å²) in [5, 5.41) is 13.5. The van der Waals surface area contributed by atoms with Crippen LogP contribution in [0.4, 0.5) is 18.9 Å². The first-order chi connectivity index (χ1) is 14.7. The Morgan fingerprint density at radius 3 is 2.45 bits per heavy atom. The summed E-state index contributed by atoms with van der Waals surface area (Å²) in [5.74, 6) is -0.173. The van der Waals surface area contributed by atoms with Crippen LogP contribution in [0.25, 0.3) is 0 Å². The normalized spacial score (nSPS) is 16.0. The fourth-order valence-corrected chi connectivity index (χ4v) is 4.22. The molecule has 10 heteroatoms. The molecule has 0 unspecified atom stereocenters. The van der Waals surface area contributed by atoms with Crippen LogP contribution in [-0.4, -0.2) is 36.3 Å². The van der Waals surface area contributed by atoms with Gasteiger partial charge in [0, 0.05) is 42.2 Å². The van der Waals surface area contributed by atoms with Gasteiger partial charge in [-0.2, -0.15) is 13.2 Å². The highest BCUT2D eigenvalue weighted by atomic mass is 32.2. The van der Waals surface area contributed by atoms with E-state index in [2.05, 4.69) is 5.32 Å². The van der Waals surface area contributed by atoms with Crippen molar-refractivity contribution in [1.29, 1.82) is 0 Å². The number of halogens is 3. The number of nitrogens with one attached hydrogen (secondary N) is 1. The predicted molar refractivity (Wildman–Crippen MR) is 110 cm³/mol. The van der Waals surface area contributed by atoms with Crippen molar-refractivity contribution in [3.05, 3.63) is 69.8 Å². The Balaban J connectivity index is 1.65. The van der Waals surface area contributed by atoms with E-state index in [0.29, 0.717) is 36.5 Å². The van der Waals surface area contributed by atoms with E-state index in [9.17, 15) is 28.1 Å². The maximum absolute atomic E-state index is 13.2. The van der Waals surface area contributed by atoms with Crippen molar-refractivity contribution in [2.45, 2.75) is 29.3 Å². The van der Waals surface area contributed by atoms with Crippen molar-refractivity contribution in [2.75, 3.05) is 25.5 Å². The van der Waals surface area contributed by atoms with Gasteiger partial charge >= 0.3 is 6.18 Å². The van der Waals surface area contributed by atoms with Crippen LogP contribution in [0.5, 0.6) is 0 Å². The Hall–Kier alpha value is -2.59. The summed E-state index contributed by atoms with van der Waals surface area (Å²) in [6.45, 7) is 1.02. The Bertz CT molecular complexity index is 929. The van der Waals surface area contributed by atoms with Gasteiger partial charge in [0.05, 0.1) is 16.2 Å². The molecule has 1 fully saturated rings. The van der Waals surface area contributed by atoms with Gasteiger partial charge in [-0.3, -0.25) is 14.9 Å². The van der Waals surface area contributed by atoms with E-state index in [0.717, 1.165) is 12.1 Å². The molecule has 6 nitrogen and oxygen atoms in total. The van der Waals surface area contributed by atoms with Crippen LogP contribution in [0.15, 0.2) is 53.4 Å². The molecule has 1 heterocycles. The summed E-state index contributed by atoms with van der Waals surface area (Å²) in [4.78, 5) is 23.3. The van der Waals surface area contributed by atoms with Crippen LogP contribution in [0.2, 0.25) is 0 Å². The number of non-ortho nitro benzene ring substituents is 1. The van der Waals surface area contributed by atoms with Gasteiger partial charge < -0.3 is 10.1 Å². The fraction of sp³-hybridized carbons (Fsp3) is 0.381. The number of amides is 1. The number of rotatable bonds is 7. The maximum Gasteiger partial charge on any atom is 0.416 e. The second-order valence-corrected chi connectivity index (χ2v) is 8.34. The molecule has 0 aliphatic carbocycles. The van der Waals surface area contributed by atoms with Crippen molar-refractivity contribution in [2.24, 2.45) is 0 Å². The third-order valence-electron chi connectivity index (χ3n) is 5.29. The minimum atomic E-state index is -4.44. The molecule has 3 rings (SSSR count). The zero-order chi connectivity index (χ0) is 22.5. The van der Waals surface area contributed by atoms with Gasteiger partial charge in [0.15, 0.2) is 0 Å². The standard InChI is InChI=1S/C21H21F3N2O4S/c22-21(23,24)16-3-1-2-15(12-16)20(8-10-30-11-9-20)14-25-19(27)13-31-18-6-4-17(5-7-18)26(28)29/h1-7,12H,8-11,13-14H2,(H,25,27). The van der Waals surface area contributed by atoms with Crippen LogP contribution in [-0.2, 0) is 21.1 Å². The van der Waals surface area contributed by atoms with Crippen LogP contribution in [0.1, 0.15) is 24.0 Å². The third kappa shape index (κ3) is 5.98. The van der Waals surface area contributed by atoms with E-state index >= 15 is 0 Å². The quantitative estimate of drug-likeness (QED) is 0.377. The first-order valence-corrected chi connectivity index (χ1v) is 10.6. The number of thioether (sulfide) groups is 1. The number of nitro benzene ring substituents is 1. The monoisotopic (exact) mass is 454 g/mol. The number of alkyl halides is 3. The van der Waals surface area contributed by atoms with E-state index in [1.807, 2.05) is 0 Å². The van der Waals surface area contributed by atoms with Crippen molar-refractivity contribution in [3.8, 4) is 0 Å². The maximum atomic E-state index is 13.2. The lowest BCUT2D eigenvalue weighted by atomic mass is 9.73. The molecule has 1 aliphatic rings. The molecule has 1 aliphatic heterocycles. The summed E-state index contributed by atoms with van der Waals surface area (Å²) in [6, 6.07) is 11.1. The van der Waals surface area contributed by atoms with E-state index in [4.69, 9.17) is 4.74 Å². The molecule has 0 bridgehead atoms. The topological polar surface area (TPSA) is 81.5 Å². The minimum Gasteiger partial charge on any atom is -0.381 e. The van der Waals surface area contributed by atoms with Crippen molar-refractivity contribution >= 4 is 23.4 Å². The van der Waals surface area contributed by atoms with Crippen molar-refractivity contribution in [1.82, 2.24) is 5.32 Å². The van der Waals surface area contributed by atoms with Gasteiger partial charge in [-0.05, 0) is 36.6 Å². The zero-order valence-electron chi connectivity index (χ0n) is 16.5. The van der Waals surface area contributed by atoms with Gasteiger partial charge in [-0.25, -0.2) is 0 Å². The van der Waals surface area contributed by atoms with Gasteiger partial charge in [-0.15, -0.1) is 11.8 Å². The first kappa shape index (κ1) is 23.1. The van der Waals surface area contributed by atoms with E-state index in [1.165, 1.54) is 30.0 Å². The molecule has 166 valence electrons. The lowest BCUT2D eigenvalue weighted by Crippen LogP contribution is -2.45. The van der Waals surface area contributed by atoms with Crippen molar-refractivity contribution < 1.29 is 27.6 Å². The summed E-state index contributed by atoms with van der Waals surface area (Å²) in [5.41, 5.74) is -0.839. The third-order valence-corrected chi connectivity index (χ3v) is 6.31. The molecule has 0 saturated carbocycles. The first-order valence-electron chi connectivity index (χ1n) is 9.59. The molecule has 0 aromatic heterocycles. The highest BCUT2D eigenvalue weighted by molar-refractivity contribution is 8.00. The molecule has 31 heavy (non-hydrogen) atoms. The lowest BCUT2D eigenvalue weighted by Gasteiger charge is -2.38. The lowest BCUT2D eigenvalue weighted by molar-refractivity contribution is -0.384. The van der Waals surface area contributed by atoms with Crippen LogP contribution in [0, 0.1) is 10.1 Å². The number of nitrogens with zero attached hydrogens (tertiary/aromatic N) is 1. The molecule has 0 spiro atoms. The zero-order valence-corrected chi connectivity index (χ0v) is 17.3. The van der Waals surface area contributed by atoms with Gasteiger partial charge in [0.2, 0.25) is 5.91 Å². The van der Waals surface area contributed by atoms with E-state index in [1.54, 1.807) is 18.2 Å². The van der Waals surface area contributed by atoms with Crippen LogP contribution in [0.3, 0.4) is 0 Å². The van der Waals surface area contributed by atoms with Gasteiger partial charge in [-0.1, -0.05) is 18.2 Å². The summed E-state index contributed by atoms with van der Waals surface area (Å²) < 4.78 is 44.9. The predicted octanol–water partition coefficient (Wildman–Crippen LogP) is 4.57. The minimum absolute atomic E-state index is 0.0312. The SMILES string of the molecule is O=C(CSc1ccc([N+](=O)[O-])cc1)NCC1(c2cccc(C(F)(F)F)c2)CCOCC1. The number of hydrogen-bond donors (Lipinski definition) is 1. The molecule has 0 radical (unpaired) electrons. The second-order valence-electron chi connectivity index (χ2n) is 7.29. The average Bonchev–Trinajstić information content (AvgIpc) is 2.76. The molecule has 1 N–H and O–H groups in total. The van der Waals surface area contributed by atoms with Crippen LogP contribution >= 0.6 is 11.8 Å². The van der Waals surface area contributed by atoms with E-state index in [-0.39, 0.29) is 23.9 Å². The second kappa shape index (κ2) is 9.69. The van der Waals surface area contributed by atoms with Gasteiger partial charge in [0.1, 0.15) is 0 Å². The number of benzene rings is 2. The molecular formula is C21H21F3N2O4S. The smallest absolute Gasteiger partial charge is 0.381 e. The van der Waals surface area contributed by atoms with Gasteiger partial charge in [0.25, 0.3) is 5.69 Å². The number of nitro groups is 1. The Labute approximate surface area is 181 Å². The van der Waals surface area contributed by atoms with E-state index < -0.39 is 22.1 Å². The number of hydrogen-bond acceptors (Lipinski definition) is 5. The molecule has 0 atom stereocenters. The number of ether oxygens (including phenoxy) is 1. The molecule has 2 aromatic carbocycles. The fourth-order valence-electron chi connectivity index (χ4n) is 3.49. The summed E-state index contributed by atoms with van der Waals surface area (Å²) >= 11 is 1.23. The van der Waals surface area contributed by atoms with Crippen molar-refractivity contribution in [3.63, 3.8) is 0 Å². The summed E-state index contributed by atoms with van der Waals surface area (Å²) in [7, 11) is 0. The summed E-state index contributed by atoms with van der Waals surface area (Å²) in [6.07, 6.45) is -3.43. The largest absolute Gasteiger partial charge is 0.416 e. The molecular weight excluding hydrogens is 433 g/mol. The highest BCUT2D eigenvalue weighted by Gasteiger charge is 2.37. The number of carbonyl (C=O) groups is 1. The molecule has 1 saturated heterocycles.